The van der Waals surface area contributed by atoms with Crippen LogP contribution in [0.4, 0.5) is 10.1 Å². The lowest BCUT2D eigenvalue weighted by Crippen LogP contribution is -2.44. The van der Waals surface area contributed by atoms with E-state index in [9.17, 15) is 0 Å². The number of ether oxygens (including phenoxy) is 1. The van der Waals surface area contributed by atoms with Crippen molar-refractivity contribution in [3.8, 4) is 23.0 Å². The quantitative estimate of drug-likeness (QED) is 0.218. The molecule has 0 radical (unpaired) electrons. The van der Waals surface area contributed by atoms with E-state index in [1.807, 2.05) is 36.4 Å². The number of halogens is 1. The minimum absolute atomic E-state index is 0.308. The van der Waals surface area contributed by atoms with Gasteiger partial charge in [-0.1, -0.05) is 38.1 Å². The monoisotopic (exact) mass is 589 g/mol. The van der Waals surface area contributed by atoms with Crippen LogP contribution in [0.2, 0.25) is 0 Å². The Bertz CT molecular complexity index is 1970. The van der Waals surface area contributed by atoms with E-state index in [1.165, 1.54) is 11.1 Å². The van der Waals surface area contributed by atoms with Crippen LogP contribution in [0.3, 0.4) is 0 Å². The Balaban J connectivity index is 1.12. The molecule has 1 aliphatic rings. The summed E-state index contributed by atoms with van der Waals surface area (Å²) in [4.78, 5) is 21.6. The molecule has 1 N–H and O–H groups in total. The molecule has 0 amide bonds. The van der Waals surface area contributed by atoms with Gasteiger partial charge in [-0.25, -0.2) is 14.4 Å². The lowest BCUT2D eigenvalue weighted by Gasteiger charge is -2.34. The van der Waals surface area contributed by atoms with Crippen LogP contribution in [0, 0.1) is 5.82 Å². The molecule has 4 heterocycles. The zero-order chi connectivity index (χ0) is 30.4. The summed E-state index contributed by atoms with van der Waals surface area (Å²) >= 11 is 0. The second kappa shape index (κ2) is 11.4. The van der Waals surface area contributed by atoms with Gasteiger partial charge in [0.15, 0.2) is 11.6 Å². The third-order valence-electron chi connectivity index (χ3n) is 8.55. The molecule has 1 saturated heterocycles. The topological polar surface area (TPSA) is 75.1 Å². The number of rotatable bonds is 7. The van der Waals surface area contributed by atoms with E-state index >= 15 is 4.39 Å². The Morgan fingerprint density at radius 3 is 2.55 bits per heavy atom. The normalized spacial score (nSPS) is 14.3. The number of aryl methyl sites for hydroxylation is 1. The van der Waals surface area contributed by atoms with E-state index < -0.39 is 0 Å². The number of hydrogen-bond donors (Lipinski definition) is 1. The molecule has 0 atom stereocenters. The molecule has 6 aromatic rings. The molecular weight excluding hydrogens is 553 g/mol. The summed E-state index contributed by atoms with van der Waals surface area (Å²) in [5, 5.41) is 0. The van der Waals surface area contributed by atoms with Gasteiger partial charge in [0.2, 0.25) is 0 Å². The lowest BCUT2D eigenvalue weighted by molar-refractivity contribution is 0.312. The van der Waals surface area contributed by atoms with Gasteiger partial charge in [-0.15, -0.1) is 0 Å². The molecule has 0 spiro atoms. The van der Waals surface area contributed by atoms with E-state index in [1.54, 1.807) is 12.3 Å². The van der Waals surface area contributed by atoms with Gasteiger partial charge >= 0.3 is 0 Å². The van der Waals surface area contributed by atoms with Gasteiger partial charge in [0.05, 0.1) is 22.2 Å². The first-order valence-electron chi connectivity index (χ1n) is 15.1. The molecule has 1 aliphatic heterocycles. The second-order valence-electron chi connectivity index (χ2n) is 12.0. The maximum absolute atomic E-state index is 15.6. The Morgan fingerprint density at radius 2 is 1.73 bits per heavy atom. The number of anilines is 1. The molecule has 0 bridgehead atoms. The largest absolute Gasteiger partial charge is 0.457 e. The van der Waals surface area contributed by atoms with Gasteiger partial charge < -0.3 is 24.1 Å². The second-order valence-corrected chi connectivity index (χ2v) is 12.0. The summed E-state index contributed by atoms with van der Waals surface area (Å²) in [6.45, 7) is 7.80. The Morgan fingerprint density at radius 1 is 0.909 bits per heavy atom. The van der Waals surface area contributed by atoms with Crippen molar-refractivity contribution >= 4 is 27.8 Å². The average molecular weight is 590 g/mol. The lowest BCUT2D eigenvalue weighted by atomic mass is 10.00. The molecule has 0 saturated carbocycles. The van der Waals surface area contributed by atoms with Crippen molar-refractivity contribution in [3.63, 3.8) is 0 Å². The highest BCUT2D eigenvalue weighted by molar-refractivity contribution is 5.83. The predicted octanol–water partition coefficient (Wildman–Crippen LogP) is 6.91. The maximum Gasteiger partial charge on any atom is 0.174 e. The Hall–Kier alpha value is -4.76. The average Bonchev–Trinajstić information content (AvgIpc) is 3.60. The zero-order valence-corrected chi connectivity index (χ0v) is 25.5. The molecule has 8 nitrogen and oxygen atoms in total. The van der Waals surface area contributed by atoms with Gasteiger partial charge in [-0.3, -0.25) is 4.98 Å². The van der Waals surface area contributed by atoms with Crippen LogP contribution in [-0.2, 0) is 13.5 Å². The van der Waals surface area contributed by atoms with E-state index in [0.717, 1.165) is 49.5 Å². The predicted molar refractivity (Wildman–Crippen MR) is 173 cm³/mol. The van der Waals surface area contributed by atoms with Crippen LogP contribution >= 0.6 is 0 Å². The van der Waals surface area contributed by atoms with E-state index in [4.69, 9.17) is 9.72 Å². The fourth-order valence-electron chi connectivity index (χ4n) is 5.88. The zero-order valence-electron chi connectivity index (χ0n) is 25.5. The van der Waals surface area contributed by atoms with Crippen LogP contribution in [0.15, 0.2) is 72.9 Å². The van der Waals surface area contributed by atoms with Gasteiger partial charge in [0.1, 0.15) is 28.5 Å². The first kappa shape index (κ1) is 28.0. The number of piperazine rings is 1. The van der Waals surface area contributed by atoms with Crippen molar-refractivity contribution in [2.75, 3.05) is 38.1 Å². The summed E-state index contributed by atoms with van der Waals surface area (Å²) in [5.41, 5.74) is 6.61. The maximum atomic E-state index is 15.6. The number of aromatic nitrogens is 5. The minimum Gasteiger partial charge on any atom is -0.457 e. The van der Waals surface area contributed by atoms with Gasteiger partial charge in [-0.2, -0.15) is 0 Å². The highest BCUT2D eigenvalue weighted by atomic mass is 19.1. The highest BCUT2D eigenvalue weighted by Crippen LogP contribution is 2.31. The SMILES string of the molecule is CC(C)c1cccc(Cc2nc3cc(Oc4ccnc(-c5nc6c(F)c(N7CCN(C)CC7)ccc6[nH]5)c4)ccc3n2C)c1. The number of nitrogens with one attached hydrogen (secondary N) is 1. The molecule has 44 heavy (non-hydrogen) atoms. The smallest absolute Gasteiger partial charge is 0.174 e. The van der Waals surface area contributed by atoms with Crippen molar-refractivity contribution in [2.45, 2.75) is 26.2 Å². The molecule has 3 aromatic carbocycles. The molecule has 3 aromatic heterocycles. The number of fused-ring (bicyclic) bond motifs is 2. The van der Waals surface area contributed by atoms with Gasteiger partial charge in [-0.05, 0) is 54.4 Å². The van der Waals surface area contributed by atoms with Crippen molar-refractivity contribution in [2.24, 2.45) is 7.05 Å². The third-order valence-corrected chi connectivity index (χ3v) is 8.55. The number of aromatic amines is 1. The molecule has 224 valence electrons. The van der Waals surface area contributed by atoms with Crippen molar-refractivity contribution in [1.82, 2.24) is 29.4 Å². The fraction of sp³-hybridized carbons (Fsp3) is 0.286. The molecule has 9 heteroatoms. The molecule has 7 rings (SSSR count). The summed E-state index contributed by atoms with van der Waals surface area (Å²) in [7, 11) is 4.14. The van der Waals surface area contributed by atoms with Crippen LogP contribution in [0.25, 0.3) is 33.6 Å². The summed E-state index contributed by atoms with van der Waals surface area (Å²) in [6, 6.07) is 22.0. The number of pyridine rings is 1. The highest BCUT2D eigenvalue weighted by Gasteiger charge is 2.21. The van der Waals surface area contributed by atoms with Gasteiger partial charge in [0, 0.05) is 58.0 Å². The number of likely N-dealkylation sites (N-methyl/N-ethyl adjacent to an activating group) is 1. The number of H-pyrrole nitrogens is 1. The van der Waals surface area contributed by atoms with Crippen molar-refractivity contribution in [1.29, 1.82) is 0 Å². The molecule has 0 unspecified atom stereocenters. The van der Waals surface area contributed by atoms with Crippen LogP contribution < -0.4 is 9.64 Å². The van der Waals surface area contributed by atoms with E-state index in [-0.39, 0.29) is 5.82 Å². The van der Waals surface area contributed by atoms with Crippen LogP contribution in [0.1, 0.15) is 36.7 Å². The third kappa shape index (κ3) is 5.39. The van der Waals surface area contributed by atoms with Crippen molar-refractivity contribution < 1.29 is 9.13 Å². The van der Waals surface area contributed by atoms with E-state index in [0.29, 0.717) is 45.7 Å². The number of imidazole rings is 2. The van der Waals surface area contributed by atoms with Crippen LogP contribution in [-0.4, -0.2) is 62.6 Å². The van der Waals surface area contributed by atoms with Gasteiger partial charge in [0.25, 0.3) is 0 Å². The molecular formula is C35H36FN7O. The first-order chi connectivity index (χ1) is 21.3. The summed E-state index contributed by atoms with van der Waals surface area (Å²) in [5.74, 6) is 2.95. The van der Waals surface area contributed by atoms with Crippen LogP contribution in [0.5, 0.6) is 11.5 Å². The minimum atomic E-state index is -0.308. The molecule has 1 fully saturated rings. The number of hydrogen-bond acceptors (Lipinski definition) is 6. The Kier molecular flexibility index (Phi) is 7.26. The Labute approximate surface area is 256 Å². The van der Waals surface area contributed by atoms with E-state index in [2.05, 4.69) is 81.5 Å². The van der Waals surface area contributed by atoms with Crippen molar-refractivity contribution in [3.05, 3.63) is 95.7 Å². The summed E-state index contributed by atoms with van der Waals surface area (Å²) in [6.07, 6.45) is 2.43. The summed E-state index contributed by atoms with van der Waals surface area (Å²) < 4.78 is 24.0. The molecule has 0 aliphatic carbocycles. The fourth-order valence-corrected chi connectivity index (χ4v) is 5.88. The number of benzene rings is 3. The standard InChI is InChI=1S/C35H36FN7O/c1-22(2)24-7-5-6-23(18-24)19-32-38-28-20-25(8-10-30(28)42(32)4)44-26-12-13-37-29(21-26)35-39-27-9-11-31(33(36)34(27)40-35)43-16-14-41(3)15-17-43/h5-13,18,20-22H,14-17,19H2,1-4H3,(H,39,40). The first-order valence-corrected chi connectivity index (χ1v) is 15.1. The number of nitrogens with zero attached hydrogens (tertiary/aromatic N) is 6.